The van der Waals surface area contributed by atoms with Crippen LogP contribution in [0.3, 0.4) is 0 Å². The van der Waals surface area contributed by atoms with Gasteiger partial charge in [0.15, 0.2) is 0 Å². The second-order valence-electron chi connectivity index (χ2n) is 7.24. The number of anilines is 1. The summed E-state index contributed by atoms with van der Waals surface area (Å²) in [4.78, 5) is 11.1. The standard InChI is InChI=1S/C20H23F3N4O/c21-20(22,23)16-5-3-14(4-6-16)17(27-9-11-28-12-10-27)13-25-18-7-8-24-19(26-18)15-1-2-15/h3-8,15,17H,1-2,9-13H2,(H,24,25,26). The fourth-order valence-electron chi connectivity index (χ4n) is 3.45. The summed E-state index contributed by atoms with van der Waals surface area (Å²) >= 11 is 0. The summed E-state index contributed by atoms with van der Waals surface area (Å²) in [6, 6.07) is 7.21. The van der Waals surface area contributed by atoms with Crippen LogP contribution < -0.4 is 5.32 Å². The lowest BCUT2D eigenvalue weighted by atomic mass is 10.0. The van der Waals surface area contributed by atoms with E-state index >= 15 is 0 Å². The molecule has 1 N–H and O–H groups in total. The van der Waals surface area contributed by atoms with E-state index in [1.54, 1.807) is 18.3 Å². The van der Waals surface area contributed by atoms with Gasteiger partial charge in [-0.1, -0.05) is 12.1 Å². The molecule has 1 aliphatic heterocycles. The number of morpholine rings is 1. The molecule has 1 atom stereocenters. The van der Waals surface area contributed by atoms with Crippen molar-refractivity contribution < 1.29 is 17.9 Å². The number of hydrogen-bond acceptors (Lipinski definition) is 5. The van der Waals surface area contributed by atoms with E-state index in [0.717, 1.165) is 55.3 Å². The van der Waals surface area contributed by atoms with Crippen molar-refractivity contribution in [3.05, 3.63) is 53.5 Å². The van der Waals surface area contributed by atoms with Crippen molar-refractivity contribution in [2.45, 2.75) is 31.0 Å². The van der Waals surface area contributed by atoms with Gasteiger partial charge in [-0.25, -0.2) is 9.97 Å². The quantitative estimate of drug-likeness (QED) is 0.809. The minimum atomic E-state index is -4.33. The van der Waals surface area contributed by atoms with Crippen molar-refractivity contribution in [3.63, 3.8) is 0 Å². The molecule has 1 aliphatic carbocycles. The molecule has 5 nitrogen and oxygen atoms in total. The number of benzene rings is 1. The number of alkyl halides is 3. The normalized spacial score (nSPS) is 19.4. The first kappa shape index (κ1) is 19.1. The highest BCUT2D eigenvalue weighted by atomic mass is 19.4. The van der Waals surface area contributed by atoms with Crippen LogP contribution in [0.4, 0.5) is 19.0 Å². The minimum Gasteiger partial charge on any atom is -0.379 e. The number of nitrogens with one attached hydrogen (secondary N) is 1. The second-order valence-corrected chi connectivity index (χ2v) is 7.24. The Morgan fingerprint density at radius 2 is 1.82 bits per heavy atom. The van der Waals surface area contributed by atoms with E-state index in [-0.39, 0.29) is 6.04 Å². The van der Waals surface area contributed by atoms with Gasteiger partial charge >= 0.3 is 6.18 Å². The molecule has 0 radical (unpaired) electrons. The summed E-state index contributed by atoms with van der Waals surface area (Å²) in [5.41, 5.74) is 0.216. The van der Waals surface area contributed by atoms with Gasteiger partial charge in [0.2, 0.25) is 0 Å². The van der Waals surface area contributed by atoms with E-state index in [9.17, 15) is 13.2 Å². The molecule has 150 valence electrons. The van der Waals surface area contributed by atoms with Crippen LogP contribution in [0, 0.1) is 0 Å². The molecule has 1 saturated heterocycles. The summed E-state index contributed by atoms with van der Waals surface area (Å²) in [6.07, 6.45) is -0.312. The van der Waals surface area contributed by atoms with Crippen molar-refractivity contribution in [3.8, 4) is 0 Å². The van der Waals surface area contributed by atoms with Crippen molar-refractivity contribution in [1.29, 1.82) is 0 Å². The molecule has 1 saturated carbocycles. The van der Waals surface area contributed by atoms with E-state index in [0.29, 0.717) is 25.7 Å². The number of rotatable bonds is 6. The molecule has 4 rings (SSSR count). The lowest BCUT2D eigenvalue weighted by molar-refractivity contribution is -0.137. The van der Waals surface area contributed by atoms with Crippen LogP contribution in [-0.4, -0.2) is 47.7 Å². The molecule has 28 heavy (non-hydrogen) atoms. The summed E-state index contributed by atoms with van der Waals surface area (Å²) < 4.78 is 44.1. The smallest absolute Gasteiger partial charge is 0.379 e. The molecule has 2 aromatic rings. The van der Waals surface area contributed by atoms with Crippen molar-refractivity contribution in [1.82, 2.24) is 14.9 Å². The predicted molar refractivity (Wildman–Crippen MR) is 99.1 cm³/mol. The van der Waals surface area contributed by atoms with Crippen LogP contribution in [0.1, 0.15) is 41.8 Å². The zero-order chi connectivity index (χ0) is 19.6. The SMILES string of the molecule is FC(F)(F)c1ccc(C(CNc2ccnc(C3CC3)n2)N2CCOCC2)cc1. The van der Waals surface area contributed by atoms with Gasteiger partial charge < -0.3 is 10.1 Å². The summed E-state index contributed by atoms with van der Waals surface area (Å²) in [7, 11) is 0. The van der Waals surface area contributed by atoms with Gasteiger partial charge in [0, 0.05) is 31.7 Å². The first-order chi connectivity index (χ1) is 13.5. The van der Waals surface area contributed by atoms with Gasteiger partial charge in [0.05, 0.1) is 24.8 Å². The molecule has 2 heterocycles. The fraction of sp³-hybridized carbons (Fsp3) is 0.500. The lowest BCUT2D eigenvalue weighted by Gasteiger charge is -2.35. The molecular weight excluding hydrogens is 369 g/mol. The molecule has 1 aromatic heterocycles. The average molecular weight is 392 g/mol. The number of aromatic nitrogens is 2. The van der Waals surface area contributed by atoms with E-state index in [2.05, 4.69) is 20.2 Å². The number of nitrogens with zero attached hydrogens (tertiary/aromatic N) is 3. The third kappa shape index (κ3) is 4.62. The average Bonchev–Trinajstić information content (AvgIpc) is 3.54. The monoisotopic (exact) mass is 392 g/mol. The Balaban J connectivity index is 1.51. The van der Waals surface area contributed by atoms with Crippen LogP contribution in [0.2, 0.25) is 0 Å². The van der Waals surface area contributed by atoms with Crippen LogP contribution in [0.15, 0.2) is 36.5 Å². The van der Waals surface area contributed by atoms with Gasteiger partial charge in [-0.3, -0.25) is 4.90 Å². The Hall–Kier alpha value is -2.19. The Morgan fingerprint density at radius 3 is 2.46 bits per heavy atom. The third-order valence-electron chi connectivity index (χ3n) is 5.20. The number of ether oxygens (including phenoxy) is 1. The number of hydrogen-bond donors (Lipinski definition) is 1. The molecule has 8 heteroatoms. The molecule has 1 aromatic carbocycles. The molecular formula is C20H23F3N4O. The van der Waals surface area contributed by atoms with Crippen molar-refractivity contribution in [2.75, 3.05) is 38.2 Å². The summed E-state index contributed by atoms with van der Waals surface area (Å²) in [5, 5.41) is 3.35. The van der Waals surface area contributed by atoms with E-state index in [4.69, 9.17) is 4.74 Å². The first-order valence-electron chi connectivity index (χ1n) is 9.56. The highest BCUT2D eigenvalue weighted by molar-refractivity contribution is 5.36. The molecule has 0 amide bonds. The van der Waals surface area contributed by atoms with E-state index in [1.165, 1.54) is 0 Å². The highest BCUT2D eigenvalue weighted by Gasteiger charge is 2.31. The Morgan fingerprint density at radius 1 is 1.11 bits per heavy atom. The second kappa shape index (κ2) is 8.05. The van der Waals surface area contributed by atoms with E-state index in [1.807, 2.05) is 6.07 Å². The lowest BCUT2D eigenvalue weighted by Crippen LogP contribution is -2.41. The minimum absolute atomic E-state index is 0.0643. The first-order valence-corrected chi connectivity index (χ1v) is 9.56. The molecule has 0 bridgehead atoms. The summed E-state index contributed by atoms with van der Waals surface area (Å²) in [6.45, 7) is 3.27. The highest BCUT2D eigenvalue weighted by Crippen LogP contribution is 2.38. The van der Waals surface area contributed by atoms with Crippen LogP contribution in [0.5, 0.6) is 0 Å². The van der Waals surface area contributed by atoms with Crippen molar-refractivity contribution >= 4 is 5.82 Å². The zero-order valence-electron chi connectivity index (χ0n) is 15.5. The maximum Gasteiger partial charge on any atom is 0.416 e. The fourth-order valence-corrected chi connectivity index (χ4v) is 3.45. The van der Waals surface area contributed by atoms with Crippen LogP contribution in [0.25, 0.3) is 0 Å². The molecule has 0 spiro atoms. The van der Waals surface area contributed by atoms with Crippen LogP contribution >= 0.6 is 0 Å². The maximum absolute atomic E-state index is 12.9. The molecule has 2 aliphatic rings. The van der Waals surface area contributed by atoms with Gasteiger partial charge in [0.1, 0.15) is 11.6 Å². The Bertz CT molecular complexity index is 787. The Kier molecular flexibility index (Phi) is 5.50. The predicted octanol–water partition coefficient (Wildman–Crippen LogP) is 3.86. The third-order valence-corrected chi connectivity index (χ3v) is 5.20. The number of halogens is 3. The van der Waals surface area contributed by atoms with Gasteiger partial charge in [0.25, 0.3) is 0 Å². The molecule has 1 unspecified atom stereocenters. The largest absolute Gasteiger partial charge is 0.416 e. The van der Waals surface area contributed by atoms with Crippen molar-refractivity contribution in [2.24, 2.45) is 0 Å². The van der Waals surface area contributed by atoms with Gasteiger partial charge in [-0.2, -0.15) is 13.2 Å². The van der Waals surface area contributed by atoms with Gasteiger partial charge in [-0.15, -0.1) is 0 Å². The maximum atomic E-state index is 12.9. The summed E-state index contributed by atoms with van der Waals surface area (Å²) in [5.74, 6) is 2.08. The molecule has 2 fully saturated rings. The van der Waals surface area contributed by atoms with Gasteiger partial charge in [-0.05, 0) is 36.6 Å². The topological polar surface area (TPSA) is 50.3 Å². The van der Waals surface area contributed by atoms with Crippen LogP contribution in [-0.2, 0) is 10.9 Å². The zero-order valence-corrected chi connectivity index (χ0v) is 15.5. The Labute approximate surface area is 161 Å². The van der Waals surface area contributed by atoms with E-state index < -0.39 is 11.7 Å².